The number of hydrogen-bond acceptors (Lipinski definition) is 6. The van der Waals surface area contributed by atoms with Gasteiger partial charge in [-0.25, -0.2) is 13.8 Å². The molecule has 9 nitrogen and oxygen atoms in total. The number of carbonyl (C=O) groups is 2. The second kappa shape index (κ2) is 12.3. The van der Waals surface area contributed by atoms with Crippen LogP contribution >= 0.6 is 0 Å². The number of benzene rings is 3. The molecule has 3 aromatic carbocycles. The van der Waals surface area contributed by atoms with Crippen LogP contribution in [0.3, 0.4) is 0 Å². The summed E-state index contributed by atoms with van der Waals surface area (Å²) in [5.41, 5.74) is 9.81. The Bertz CT molecular complexity index is 1750. The summed E-state index contributed by atoms with van der Waals surface area (Å²) in [6, 6.07) is 15.7. The predicted octanol–water partition coefficient (Wildman–Crippen LogP) is 4.61. The number of carbonyl (C=O) groups excluding carboxylic acids is 2. The Balaban J connectivity index is 1.31. The van der Waals surface area contributed by atoms with E-state index in [1.165, 1.54) is 21.7 Å². The Hall–Kier alpha value is -5.06. The van der Waals surface area contributed by atoms with Gasteiger partial charge in [-0.2, -0.15) is 0 Å². The number of likely N-dealkylation sites (tertiary alicyclic amines) is 1. The molecule has 2 amide bonds. The van der Waals surface area contributed by atoms with Crippen molar-refractivity contribution in [3.63, 3.8) is 0 Å². The van der Waals surface area contributed by atoms with Crippen LogP contribution in [-0.4, -0.2) is 64.3 Å². The predicted molar refractivity (Wildman–Crippen MR) is 163 cm³/mol. The smallest absolute Gasteiger partial charge is 0.272 e. The summed E-state index contributed by atoms with van der Waals surface area (Å²) in [4.78, 5) is 37.6. The van der Waals surface area contributed by atoms with E-state index < -0.39 is 29.7 Å². The minimum absolute atomic E-state index is 0.0607. The number of halogens is 2. The van der Waals surface area contributed by atoms with Crippen LogP contribution in [0.25, 0.3) is 22.5 Å². The Morgan fingerprint density at radius 3 is 2.75 bits per heavy atom. The lowest BCUT2D eigenvalue weighted by Gasteiger charge is -2.23. The number of nitrogens with zero attached hydrogens (tertiary/aromatic N) is 4. The lowest BCUT2D eigenvalue weighted by Crippen LogP contribution is -2.46. The number of amides is 2. The average molecular weight is 599 g/mol. The summed E-state index contributed by atoms with van der Waals surface area (Å²) in [5.74, 6) is -1.47. The molecule has 1 fully saturated rings. The van der Waals surface area contributed by atoms with E-state index in [1.54, 1.807) is 13.3 Å². The highest BCUT2D eigenvalue weighted by Crippen LogP contribution is 2.32. The van der Waals surface area contributed by atoms with E-state index in [0.29, 0.717) is 30.9 Å². The van der Waals surface area contributed by atoms with Gasteiger partial charge in [-0.3, -0.25) is 14.6 Å². The summed E-state index contributed by atoms with van der Waals surface area (Å²) in [6.07, 6.45) is 4.42. The highest BCUT2D eigenvalue weighted by Gasteiger charge is 2.42. The normalized spacial score (nSPS) is 18.7. The zero-order chi connectivity index (χ0) is 30.8. The van der Waals surface area contributed by atoms with Gasteiger partial charge < -0.3 is 25.3 Å². The Morgan fingerprint density at radius 1 is 1.07 bits per heavy atom. The summed E-state index contributed by atoms with van der Waals surface area (Å²) in [6.45, 7) is 1.15. The molecule has 3 N–H and O–H groups in total. The van der Waals surface area contributed by atoms with Crippen LogP contribution < -0.4 is 15.8 Å². The zero-order valence-electron chi connectivity index (χ0n) is 24.2. The maximum Gasteiger partial charge on any atom is 0.272 e. The van der Waals surface area contributed by atoms with E-state index in [0.717, 1.165) is 35.2 Å². The van der Waals surface area contributed by atoms with E-state index in [4.69, 9.17) is 10.5 Å². The van der Waals surface area contributed by atoms with Crippen molar-refractivity contribution >= 4 is 23.7 Å². The fraction of sp³-hybridized carbons (Fsp3) is 0.273. The highest BCUT2D eigenvalue weighted by atomic mass is 19.1. The standard InChI is InChI=1S/C33H32F2N6O3/c1-40-30(18-39-31(40)25-11-10-21(34)15-27(25)35)33(43)41-19-23-16-29(41)32(42)38-13-3-2-12-37-17-26-24(8-5-9-28(26)36)20-6-4-7-22(14-20)44-23/h4-11,14-15,17-18,23,29H,2-3,12-13,16,19,36H2,1H3,(H,38,42). The van der Waals surface area contributed by atoms with Gasteiger partial charge in [0, 0.05) is 50.1 Å². The number of anilines is 1. The van der Waals surface area contributed by atoms with Crippen LogP contribution in [0.2, 0.25) is 0 Å². The molecule has 1 saturated heterocycles. The molecule has 2 aliphatic rings. The van der Waals surface area contributed by atoms with Crippen molar-refractivity contribution in [3.05, 3.63) is 89.8 Å². The molecule has 3 heterocycles. The highest BCUT2D eigenvalue weighted by molar-refractivity contribution is 5.98. The Morgan fingerprint density at radius 2 is 1.91 bits per heavy atom. The van der Waals surface area contributed by atoms with Crippen molar-refractivity contribution < 1.29 is 23.1 Å². The lowest BCUT2D eigenvalue weighted by molar-refractivity contribution is -0.124. The molecule has 0 saturated carbocycles. The first-order valence-electron chi connectivity index (χ1n) is 14.5. The van der Waals surface area contributed by atoms with E-state index in [9.17, 15) is 18.4 Å². The van der Waals surface area contributed by atoms with Gasteiger partial charge in [-0.1, -0.05) is 24.3 Å². The molecule has 1 aromatic heterocycles. The lowest BCUT2D eigenvalue weighted by atomic mass is 9.98. The second-order valence-electron chi connectivity index (χ2n) is 11.0. The number of rotatable bonds is 2. The first-order chi connectivity index (χ1) is 21.3. The molecule has 2 aliphatic heterocycles. The third-order valence-corrected chi connectivity index (χ3v) is 8.03. The molecule has 0 radical (unpaired) electrons. The minimum atomic E-state index is -0.789. The fourth-order valence-corrected chi connectivity index (χ4v) is 5.75. The van der Waals surface area contributed by atoms with Crippen molar-refractivity contribution in [2.45, 2.75) is 31.4 Å². The number of fused-ring (bicyclic) bond motifs is 6. The average Bonchev–Trinajstić information content (AvgIpc) is 3.60. The van der Waals surface area contributed by atoms with Crippen LogP contribution in [-0.2, 0) is 11.8 Å². The second-order valence-corrected chi connectivity index (χ2v) is 11.0. The summed E-state index contributed by atoms with van der Waals surface area (Å²) in [7, 11) is 1.58. The quantitative estimate of drug-likeness (QED) is 0.327. The van der Waals surface area contributed by atoms with Gasteiger partial charge in [0.1, 0.15) is 41.0 Å². The largest absolute Gasteiger partial charge is 0.488 e. The maximum atomic E-state index is 14.5. The molecule has 226 valence electrons. The number of ether oxygens (including phenoxy) is 1. The van der Waals surface area contributed by atoms with Crippen LogP contribution in [0.1, 0.15) is 35.3 Å². The van der Waals surface area contributed by atoms with Crippen LogP contribution in [0.15, 0.2) is 71.9 Å². The monoisotopic (exact) mass is 598 g/mol. The van der Waals surface area contributed by atoms with Crippen LogP contribution in [0.5, 0.6) is 5.75 Å². The van der Waals surface area contributed by atoms with Crippen molar-refractivity contribution in [1.82, 2.24) is 19.8 Å². The number of hydrogen-bond donors (Lipinski definition) is 2. The van der Waals surface area contributed by atoms with E-state index in [-0.39, 0.29) is 36.0 Å². The summed E-state index contributed by atoms with van der Waals surface area (Å²) < 4.78 is 35.9. The summed E-state index contributed by atoms with van der Waals surface area (Å²) >= 11 is 0. The fourth-order valence-electron chi connectivity index (χ4n) is 5.75. The van der Waals surface area contributed by atoms with Gasteiger partial charge in [-0.05, 0) is 54.3 Å². The third kappa shape index (κ3) is 5.77. The topological polar surface area (TPSA) is 115 Å². The van der Waals surface area contributed by atoms with E-state index in [1.807, 2.05) is 42.5 Å². The van der Waals surface area contributed by atoms with Gasteiger partial charge in [0.25, 0.3) is 5.91 Å². The van der Waals surface area contributed by atoms with Crippen LogP contribution in [0, 0.1) is 11.6 Å². The number of nitrogen functional groups attached to an aromatic ring is 1. The SMILES string of the molecule is Cn1c(C(=O)N2CC3CC2C(=O)NCCCCN=Cc2c(N)cccc2-c2cccc(c2)O3)cnc1-c1ccc(F)cc1F. The van der Waals surface area contributed by atoms with Gasteiger partial charge in [0.15, 0.2) is 0 Å². The van der Waals surface area contributed by atoms with E-state index >= 15 is 0 Å². The van der Waals surface area contributed by atoms with Gasteiger partial charge in [0.2, 0.25) is 5.91 Å². The number of nitrogens with one attached hydrogen (secondary N) is 1. The number of aromatic nitrogens is 2. The Labute approximate surface area is 253 Å². The molecule has 4 aromatic rings. The molecule has 11 heteroatoms. The number of aliphatic imine (C=N–C) groups is 1. The third-order valence-electron chi connectivity index (χ3n) is 8.03. The first-order valence-corrected chi connectivity index (χ1v) is 14.5. The number of nitrogens with two attached hydrogens (primary N) is 1. The van der Waals surface area contributed by atoms with Gasteiger partial charge >= 0.3 is 0 Å². The zero-order valence-corrected chi connectivity index (χ0v) is 24.2. The molecule has 0 aliphatic carbocycles. The molecule has 2 atom stereocenters. The Kier molecular flexibility index (Phi) is 8.10. The molecule has 4 bridgehead atoms. The van der Waals surface area contributed by atoms with Crippen LogP contribution in [0.4, 0.5) is 14.5 Å². The van der Waals surface area contributed by atoms with Gasteiger partial charge in [-0.15, -0.1) is 0 Å². The molecular formula is C33H32F2N6O3. The molecule has 44 heavy (non-hydrogen) atoms. The summed E-state index contributed by atoms with van der Waals surface area (Å²) in [5, 5.41) is 2.96. The molecule has 6 rings (SSSR count). The number of imidazole rings is 1. The van der Waals surface area contributed by atoms with E-state index in [2.05, 4.69) is 15.3 Å². The van der Waals surface area contributed by atoms with Crippen molar-refractivity contribution in [3.8, 4) is 28.3 Å². The molecule has 2 unspecified atom stereocenters. The van der Waals surface area contributed by atoms with Crippen molar-refractivity contribution in [2.24, 2.45) is 12.0 Å². The van der Waals surface area contributed by atoms with Crippen molar-refractivity contribution in [1.29, 1.82) is 0 Å². The van der Waals surface area contributed by atoms with Gasteiger partial charge in [0.05, 0.1) is 18.3 Å². The maximum absolute atomic E-state index is 14.5. The molecule has 0 spiro atoms. The first kappa shape index (κ1) is 29.0. The minimum Gasteiger partial charge on any atom is -0.488 e. The molecular weight excluding hydrogens is 566 g/mol. The van der Waals surface area contributed by atoms with Crippen molar-refractivity contribution in [2.75, 3.05) is 25.4 Å².